The predicted octanol–water partition coefficient (Wildman–Crippen LogP) is 3.65. The van der Waals surface area contributed by atoms with Crippen LogP contribution in [0.1, 0.15) is 60.7 Å². The average Bonchev–Trinajstić information content (AvgIpc) is 3.09. The summed E-state index contributed by atoms with van der Waals surface area (Å²) in [6, 6.07) is -0.408. The summed E-state index contributed by atoms with van der Waals surface area (Å²) in [4.78, 5) is 36.2. The molecule has 0 saturated carbocycles. The molecule has 8 heteroatoms. The highest BCUT2D eigenvalue weighted by molar-refractivity contribution is 6.05. The number of carbonyl (C=O) groups excluding carboxylic acids is 3. The smallest absolute Gasteiger partial charge is 0.341 e. The standard InChI is InChI=1S/C22H30N2O6/c1-6-23-22(27)24-19-15(10-8-13(3)9-11-17(25)29-7-2)20(28-5)14(4)16-12-30-21(26)18(16)19/h8H,6-7,9-12H2,1-5H3,(H2,23,24,27)/b13-8+. The van der Waals surface area contributed by atoms with Crippen LogP contribution in [-0.2, 0) is 27.3 Å². The molecule has 2 N–H and O–H groups in total. The van der Waals surface area contributed by atoms with Crippen LogP contribution in [0.15, 0.2) is 11.6 Å². The van der Waals surface area contributed by atoms with E-state index in [-0.39, 0.29) is 12.6 Å². The molecule has 0 fully saturated rings. The van der Waals surface area contributed by atoms with Crippen LogP contribution in [0, 0.1) is 6.92 Å². The monoisotopic (exact) mass is 418 g/mol. The number of rotatable bonds is 9. The number of amides is 2. The van der Waals surface area contributed by atoms with E-state index in [0.29, 0.717) is 55.0 Å². The minimum absolute atomic E-state index is 0.148. The molecule has 30 heavy (non-hydrogen) atoms. The maximum absolute atomic E-state index is 12.4. The molecule has 1 aliphatic heterocycles. The fraction of sp³-hybridized carbons (Fsp3) is 0.500. The Kier molecular flexibility index (Phi) is 8.26. The molecule has 1 aliphatic rings. The topological polar surface area (TPSA) is 103 Å². The van der Waals surface area contributed by atoms with Crippen LogP contribution in [0.25, 0.3) is 0 Å². The number of anilines is 1. The number of fused-ring (bicyclic) bond motifs is 1. The van der Waals surface area contributed by atoms with Gasteiger partial charge in [-0.15, -0.1) is 0 Å². The third kappa shape index (κ3) is 5.31. The summed E-state index contributed by atoms with van der Waals surface area (Å²) in [5.74, 6) is -0.0994. The zero-order valence-corrected chi connectivity index (χ0v) is 18.3. The van der Waals surface area contributed by atoms with E-state index in [2.05, 4.69) is 10.6 Å². The predicted molar refractivity (Wildman–Crippen MR) is 113 cm³/mol. The zero-order valence-electron chi connectivity index (χ0n) is 18.3. The Hall–Kier alpha value is -3.03. The normalized spacial score (nSPS) is 12.8. The van der Waals surface area contributed by atoms with Gasteiger partial charge in [-0.2, -0.15) is 0 Å². The lowest BCUT2D eigenvalue weighted by molar-refractivity contribution is -0.143. The summed E-state index contributed by atoms with van der Waals surface area (Å²) in [6.45, 7) is 8.34. The first kappa shape index (κ1) is 23.3. The molecule has 2 amide bonds. The lowest BCUT2D eigenvalue weighted by Gasteiger charge is -2.20. The SMILES string of the molecule is CCNC(=O)Nc1c(C/C=C(\C)CCC(=O)OCC)c(OC)c(C)c2c1C(=O)OC2. The second-order valence-corrected chi connectivity index (χ2v) is 6.99. The molecular weight excluding hydrogens is 388 g/mol. The summed E-state index contributed by atoms with van der Waals surface area (Å²) in [5, 5.41) is 5.48. The van der Waals surface area contributed by atoms with Crippen LogP contribution in [0.5, 0.6) is 5.75 Å². The molecule has 0 saturated heterocycles. The van der Waals surface area contributed by atoms with Gasteiger partial charge in [-0.25, -0.2) is 9.59 Å². The number of ether oxygens (including phenoxy) is 3. The van der Waals surface area contributed by atoms with Gasteiger partial charge in [0.05, 0.1) is 25.0 Å². The van der Waals surface area contributed by atoms with Crippen molar-refractivity contribution in [3.05, 3.63) is 33.9 Å². The van der Waals surface area contributed by atoms with E-state index >= 15 is 0 Å². The fourth-order valence-corrected chi connectivity index (χ4v) is 3.42. The van der Waals surface area contributed by atoms with Crippen molar-refractivity contribution >= 4 is 23.7 Å². The number of hydrogen-bond donors (Lipinski definition) is 2. The Morgan fingerprint density at radius 1 is 1.23 bits per heavy atom. The number of esters is 2. The van der Waals surface area contributed by atoms with E-state index in [0.717, 1.165) is 16.7 Å². The molecular formula is C22H30N2O6. The average molecular weight is 418 g/mol. The van der Waals surface area contributed by atoms with Crippen LogP contribution in [0.2, 0.25) is 0 Å². The largest absolute Gasteiger partial charge is 0.496 e. The lowest BCUT2D eigenvalue weighted by Crippen LogP contribution is -2.29. The third-order valence-corrected chi connectivity index (χ3v) is 4.94. The molecule has 0 bridgehead atoms. The second-order valence-electron chi connectivity index (χ2n) is 6.99. The maximum atomic E-state index is 12.4. The van der Waals surface area contributed by atoms with E-state index < -0.39 is 12.0 Å². The summed E-state index contributed by atoms with van der Waals surface area (Å²) < 4.78 is 15.8. The Bertz CT molecular complexity index is 860. The number of carbonyl (C=O) groups is 3. The fourth-order valence-electron chi connectivity index (χ4n) is 3.42. The van der Waals surface area contributed by atoms with Crippen LogP contribution >= 0.6 is 0 Å². The molecule has 8 nitrogen and oxygen atoms in total. The van der Waals surface area contributed by atoms with Crippen molar-refractivity contribution in [1.29, 1.82) is 0 Å². The quantitative estimate of drug-likeness (QED) is 0.469. The number of allylic oxidation sites excluding steroid dienone is 2. The molecule has 2 rings (SSSR count). The lowest BCUT2D eigenvalue weighted by atomic mass is 9.93. The van der Waals surface area contributed by atoms with Crippen LogP contribution in [0.3, 0.4) is 0 Å². The van der Waals surface area contributed by atoms with E-state index in [9.17, 15) is 14.4 Å². The molecule has 0 aliphatic carbocycles. The van der Waals surface area contributed by atoms with Crippen molar-refractivity contribution in [2.75, 3.05) is 25.6 Å². The Labute approximate surface area is 176 Å². The van der Waals surface area contributed by atoms with Gasteiger partial charge in [0, 0.05) is 24.1 Å². The zero-order chi connectivity index (χ0) is 22.3. The first-order chi connectivity index (χ1) is 14.3. The number of methoxy groups -OCH3 is 1. The van der Waals surface area contributed by atoms with Gasteiger partial charge in [-0.3, -0.25) is 4.79 Å². The van der Waals surface area contributed by atoms with Gasteiger partial charge in [-0.1, -0.05) is 11.6 Å². The number of hydrogen-bond acceptors (Lipinski definition) is 6. The minimum atomic E-state index is -0.466. The number of nitrogens with one attached hydrogen (secondary N) is 2. The number of urea groups is 1. The molecule has 0 unspecified atom stereocenters. The van der Waals surface area contributed by atoms with Crippen LogP contribution in [-0.4, -0.2) is 38.2 Å². The van der Waals surface area contributed by atoms with Gasteiger partial charge in [0.25, 0.3) is 0 Å². The summed E-state index contributed by atoms with van der Waals surface area (Å²) in [5.41, 5.74) is 3.98. The third-order valence-electron chi connectivity index (χ3n) is 4.94. The highest BCUT2D eigenvalue weighted by Gasteiger charge is 2.32. The molecule has 1 aromatic carbocycles. The van der Waals surface area contributed by atoms with Gasteiger partial charge in [0.2, 0.25) is 0 Å². The van der Waals surface area contributed by atoms with Crippen LogP contribution < -0.4 is 15.4 Å². The van der Waals surface area contributed by atoms with Crippen molar-refractivity contribution < 1.29 is 28.6 Å². The van der Waals surface area contributed by atoms with E-state index in [1.54, 1.807) is 14.0 Å². The van der Waals surface area contributed by atoms with E-state index in [4.69, 9.17) is 14.2 Å². The van der Waals surface area contributed by atoms with Crippen molar-refractivity contribution in [1.82, 2.24) is 5.32 Å². The van der Waals surface area contributed by atoms with E-state index in [1.165, 1.54) is 0 Å². The van der Waals surface area contributed by atoms with Gasteiger partial charge >= 0.3 is 18.0 Å². The first-order valence-electron chi connectivity index (χ1n) is 10.1. The second kappa shape index (κ2) is 10.7. The number of benzene rings is 1. The molecule has 0 radical (unpaired) electrons. The summed E-state index contributed by atoms with van der Waals surface area (Å²) in [6.07, 6.45) is 3.24. The van der Waals surface area contributed by atoms with Crippen molar-refractivity contribution in [3.8, 4) is 5.75 Å². The van der Waals surface area contributed by atoms with E-state index in [1.807, 2.05) is 26.8 Å². The Morgan fingerprint density at radius 3 is 2.60 bits per heavy atom. The van der Waals surface area contributed by atoms with Gasteiger partial charge in [-0.05, 0) is 46.1 Å². The summed E-state index contributed by atoms with van der Waals surface area (Å²) in [7, 11) is 1.56. The van der Waals surface area contributed by atoms with Gasteiger partial charge in [0.15, 0.2) is 0 Å². The Morgan fingerprint density at radius 2 is 1.97 bits per heavy atom. The molecule has 0 atom stereocenters. The minimum Gasteiger partial charge on any atom is -0.496 e. The highest BCUT2D eigenvalue weighted by Crippen LogP contribution is 2.41. The first-order valence-corrected chi connectivity index (χ1v) is 10.1. The molecule has 1 heterocycles. The van der Waals surface area contributed by atoms with Crippen molar-refractivity contribution in [2.24, 2.45) is 0 Å². The Balaban J connectivity index is 2.41. The van der Waals surface area contributed by atoms with Crippen LogP contribution in [0.4, 0.5) is 10.5 Å². The van der Waals surface area contributed by atoms with Crippen molar-refractivity contribution in [3.63, 3.8) is 0 Å². The van der Waals surface area contributed by atoms with Gasteiger partial charge in [0.1, 0.15) is 12.4 Å². The molecule has 0 spiro atoms. The molecule has 1 aromatic rings. The highest BCUT2D eigenvalue weighted by atomic mass is 16.5. The molecule has 0 aromatic heterocycles. The van der Waals surface area contributed by atoms with Crippen molar-refractivity contribution in [2.45, 2.75) is 53.6 Å². The van der Waals surface area contributed by atoms with Gasteiger partial charge < -0.3 is 24.8 Å². The maximum Gasteiger partial charge on any atom is 0.341 e. The summed E-state index contributed by atoms with van der Waals surface area (Å²) >= 11 is 0. The molecule has 164 valence electrons. The number of cyclic esters (lactones) is 1.